The third-order valence-electron chi connectivity index (χ3n) is 6.08. The lowest BCUT2D eigenvalue weighted by atomic mass is 10.00. The van der Waals surface area contributed by atoms with Crippen molar-refractivity contribution in [3.8, 4) is 5.88 Å². The molecule has 0 saturated carbocycles. The van der Waals surface area contributed by atoms with Gasteiger partial charge in [-0.15, -0.1) is 0 Å². The van der Waals surface area contributed by atoms with E-state index in [0.717, 1.165) is 6.20 Å². The molecule has 1 N–H and O–H groups in total. The molecule has 2 fully saturated rings. The second-order valence-electron chi connectivity index (χ2n) is 8.15. The van der Waals surface area contributed by atoms with Crippen LogP contribution in [0.25, 0.3) is 5.65 Å². The van der Waals surface area contributed by atoms with Gasteiger partial charge in [-0.2, -0.15) is 5.10 Å². The first-order valence-electron chi connectivity index (χ1n) is 10.5. The van der Waals surface area contributed by atoms with Gasteiger partial charge in [0.2, 0.25) is 5.88 Å². The van der Waals surface area contributed by atoms with E-state index in [1.54, 1.807) is 10.7 Å². The number of aromatic nitrogens is 4. The molecule has 166 valence electrons. The van der Waals surface area contributed by atoms with Gasteiger partial charge in [0.1, 0.15) is 23.3 Å². The Kier molecular flexibility index (Phi) is 4.65. The lowest BCUT2D eigenvalue weighted by Crippen LogP contribution is -2.45. The van der Waals surface area contributed by atoms with Crippen LogP contribution in [-0.4, -0.2) is 77.2 Å². The van der Waals surface area contributed by atoms with Crippen LogP contribution in [0, 0.1) is 5.82 Å². The van der Waals surface area contributed by atoms with Gasteiger partial charge < -0.3 is 24.4 Å². The van der Waals surface area contributed by atoms with Crippen molar-refractivity contribution >= 4 is 17.4 Å². The molecular weight excluding hydrogens is 419 g/mol. The summed E-state index contributed by atoms with van der Waals surface area (Å²) in [5, 5.41) is 7.23. The molecule has 11 heteroatoms. The van der Waals surface area contributed by atoms with Crippen molar-refractivity contribution < 1.29 is 23.4 Å². The van der Waals surface area contributed by atoms with E-state index in [4.69, 9.17) is 19.2 Å². The Morgan fingerprint density at radius 3 is 3.06 bits per heavy atom. The predicted octanol–water partition coefficient (Wildman–Crippen LogP) is 0.773. The van der Waals surface area contributed by atoms with Gasteiger partial charge in [-0.05, 0) is 12.1 Å². The summed E-state index contributed by atoms with van der Waals surface area (Å²) >= 11 is 0. The van der Waals surface area contributed by atoms with Crippen molar-refractivity contribution in [3.05, 3.63) is 47.7 Å². The number of carbonyl (C=O) groups excluding carboxylic acids is 1. The van der Waals surface area contributed by atoms with Gasteiger partial charge in [-0.25, -0.2) is 18.9 Å². The number of amides is 1. The number of nitrogens with one attached hydrogen (secondary N) is 1. The van der Waals surface area contributed by atoms with E-state index in [0.29, 0.717) is 61.4 Å². The summed E-state index contributed by atoms with van der Waals surface area (Å²) in [6, 6.07) is 2.89. The summed E-state index contributed by atoms with van der Waals surface area (Å²) in [4.78, 5) is 24.1. The Morgan fingerprint density at radius 2 is 2.12 bits per heavy atom. The Morgan fingerprint density at radius 1 is 1.19 bits per heavy atom. The van der Waals surface area contributed by atoms with E-state index in [9.17, 15) is 9.18 Å². The second-order valence-corrected chi connectivity index (χ2v) is 8.15. The molecule has 0 unspecified atom stereocenters. The smallest absolute Gasteiger partial charge is 0.257 e. The highest BCUT2D eigenvalue weighted by Crippen LogP contribution is 2.31. The summed E-state index contributed by atoms with van der Waals surface area (Å²) < 4.78 is 33.4. The Balaban J connectivity index is 1.50. The molecule has 0 aliphatic carbocycles. The van der Waals surface area contributed by atoms with Crippen LogP contribution < -0.4 is 15.0 Å². The third kappa shape index (κ3) is 3.33. The van der Waals surface area contributed by atoms with Gasteiger partial charge in [0.05, 0.1) is 44.9 Å². The van der Waals surface area contributed by atoms with Crippen molar-refractivity contribution in [2.75, 3.05) is 44.4 Å². The first-order valence-corrected chi connectivity index (χ1v) is 10.5. The number of ether oxygens (including phenoxy) is 3. The molecule has 0 spiro atoms. The summed E-state index contributed by atoms with van der Waals surface area (Å²) in [7, 11) is 0. The van der Waals surface area contributed by atoms with Crippen LogP contribution in [-0.2, 0) is 9.47 Å². The fourth-order valence-corrected chi connectivity index (χ4v) is 4.41. The van der Waals surface area contributed by atoms with Crippen LogP contribution in [0.3, 0.4) is 0 Å². The number of pyridine rings is 1. The molecule has 0 aromatic carbocycles. The van der Waals surface area contributed by atoms with Gasteiger partial charge in [0.25, 0.3) is 5.91 Å². The quantitative estimate of drug-likeness (QED) is 0.547. The van der Waals surface area contributed by atoms with E-state index >= 15 is 0 Å². The molecule has 6 heterocycles. The number of carbonyl (C=O) groups is 1. The number of hydrogen-bond donors (Lipinski definition) is 1. The molecule has 3 aromatic heterocycles. The molecule has 6 rings (SSSR count). The van der Waals surface area contributed by atoms with Crippen molar-refractivity contribution in [1.29, 1.82) is 0 Å². The van der Waals surface area contributed by atoms with Gasteiger partial charge >= 0.3 is 0 Å². The maximum Gasteiger partial charge on any atom is 0.257 e. The Bertz CT molecular complexity index is 1190. The van der Waals surface area contributed by atoms with Crippen LogP contribution >= 0.6 is 0 Å². The molecule has 3 aliphatic rings. The molecule has 3 aromatic rings. The topological polar surface area (TPSA) is 103 Å². The lowest BCUT2D eigenvalue weighted by molar-refractivity contribution is 0.0901. The van der Waals surface area contributed by atoms with E-state index in [2.05, 4.69) is 20.3 Å². The molecule has 4 bridgehead atoms. The number of halogens is 1. The van der Waals surface area contributed by atoms with Crippen molar-refractivity contribution in [2.24, 2.45) is 0 Å². The van der Waals surface area contributed by atoms with Crippen LogP contribution in [0.4, 0.5) is 10.2 Å². The second kappa shape index (κ2) is 7.68. The maximum atomic E-state index is 14.2. The minimum Gasteiger partial charge on any atom is -0.469 e. The molecular formula is C21H21FN6O4. The zero-order valence-corrected chi connectivity index (χ0v) is 17.1. The summed E-state index contributed by atoms with van der Waals surface area (Å²) in [5.41, 5.74) is 1.46. The largest absolute Gasteiger partial charge is 0.469 e. The maximum absolute atomic E-state index is 14.2. The zero-order valence-electron chi connectivity index (χ0n) is 17.1. The van der Waals surface area contributed by atoms with E-state index in [1.807, 2.05) is 6.07 Å². The monoisotopic (exact) mass is 440 g/mol. The number of hydrogen-bond acceptors (Lipinski definition) is 8. The summed E-state index contributed by atoms with van der Waals surface area (Å²) in [5.74, 6) is 0.0728. The van der Waals surface area contributed by atoms with E-state index in [1.165, 1.54) is 12.3 Å². The third-order valence-corrected chi connectivity index (χ3v) is 6.08. The number of fused-ring (bicyclic) bond motifs is 7. The van der Waals surface area contributed by atoms with Gasteiger partial charge in [-0.3, -0.25) is 4.79 Å². The molecule has 3 aliphatic heterocycles. The van der Waals surface area contributed by atoms with Gasteiger partial charge in [0, 0.05) is 30.8 Å². The lowest BCUT2D eigenvalue weighted by Gasteiger charge is -2.27. The fourth-order valence-electron chi connectivity index (χ4n) is 4.41. The molecule has 1 amide bonds. The van der Waals surface area contributed by atoms with Crippen LogP contribution in [0.15, 0.2) is 30.7 Å². The number of anilines is 1. The van der Waals surface area contributed by atoms with Crippen molar-refractivity contribution in [2.45, 2.75) is 18.1 Å². The molecule has 10 nitrogen and oxygen atoms in total. The fraction of sp³-hybridized carbons (Fsp3) is 0.429. The highest BCUT2D eigenvalue weighted by Gasteiger charge is 2.35. The first kappa shape index (κ1) is 19.4. The van der Waals surface area contributed by atoms with Crippen molar-refractivity contribution in [1.82, 2.24) is 24.9 Å². The van der Waals surface area contributed by atoms with Crippen molar-refractivity contribution in [3.63, 3.8) is 0 Å². The number of rotatable bonds is 0. The minimum atomic E-state index is -0.466. The molecule has 0 radical (unpaired) electrons. The highest BCUT2D eigenvalue weighted by molar-refractivity contribution is 6.00. The first-order chi connectivity index (χ1) is 15.7. The SMILES string of the molecule is O=C1N[C@@H]2COC[C@@H]2Oc2ncc(F)cc2[C@@H]2COCCN(C2)c2ccn3ncc1c3n2. The van der Waals surface area contributed by atoms with E-state index < -0.39 is 18.0 Å². The zero-order chi connectivity index (χ0) is 21.7. The van der Waals surface area contributed by atoms with Crippen LogP contribution in [0.5, 0.6) is 5.88 Å². The highest BCUT2D eigenvalue weighted by atomic mass is 19.1. The minimum absolute atomic E-state index is 0.184. The van der Waals surface area contributed by atoms with E-state index in [-0.39, 0.29) is 18.4 Å². The predicted molar refractivity (Wildman–Crippen MR) is 109 cm³/mol. The van der Waals surface area contributed by atoms with Crippen LogP contribution in [0.1, 0.15) is 21.8 Å². The number of nitrogens with zero attached hydrogens (tertiary/aromatic N) is 5. The Hall–Kier alpha value is -3.31. The van der Waals surface area contributed by atoms with Gasteiger partial charge in [-0.1, -0.05) is 0 Å². The molecule has 3 atom stereocenters. The van der Waals surface area contributed by atoms with Crippen LogP contribution in [0.2, 0.25) is 0 Å². The molecule has 32 heavy (non-hydrogen) atoms. The Labute approximate surface area is 182 Å². The summed E-state index contributed by atoms with van der Waals surface area (Å²) in [6.45, 7) is 2.61. The summed E-state index contributed by atoms with van der Waals surface area (Å²) in [6.07, 6.45) is 3.95. The normalized spacial score (nSPS) is 25.5. The standard InChI is InChI=1S/C21H21FN6O4/c22-13-5-14-12-8-27(3-4-30-9-12)18-1-2-28-19(26-18)15(7-24-28)20(29)25-16-10-31-11-17(16)32-21(14)23-6-13/h1-2,5-7,12,16-17H,3-4,8-11H2,(H,25,29)/t12-,16+,17-/m0/s1. The molecule has 2 saturated heterocycles. The van der Waals surface area contributed by atoms with Gasteiger partial charge in [0.15, 0.2) is 5.65 Å². The average Bonchev–Trinajstić information content (AvgIpc) is 3.33. The average molecular weight is 440 g/mol.